The summed E-state index contributed by atoms with van der Waals surface area (Å²) in [5, 5.41) is 0. The van der Waals surface area contributed by atoms with Crippen molar-refractivity contribution in [1.82, 2.24) is 23.6 Å². The zero-order valence-corrected chi connectivity index (χ0v) is 18.5. The van der Waals surface area contributed by atoms with E-state index >= 15 is 0 Å². The van der Waals surface area contributed by atoms with Crippen LogP contribution >= 0.6 is 0 Å². The van der Waals surface area contributed by atoms with Gasteiger partial charge in [0.05, 0.1) is 35.3 Å². The van der Waals surface area contributed by atoms with E-state index in [0.717, 1.165) is 34.4 Å². The number of aryl methyl sites for hydroxylation is 4. The molecule has 30 heavy (non-hydrogen) atoms. The normalized spacial score (nSPS) is 12.8. The van der Waals surface area contributed by atoms with E-state index in [1.807, 2.05) is 26.6 Å². The summed E-state index contributed by atoms with van der Waals surface area (Å²) in [4.78, 5) is 19.1. The SMILES string of the molecule is Cc1ccc(C(Cn2cncc2-c2cc3c(cc2C)n(C)c(=O)n3C)N(C)C)cc1. The Morgan fingerprint density at radius 2 is 1.63 bits per heavy atom. The van der Waals surface area contributed by atoms with Gasteiger partial charge >= 0.3 is 5.69 Å². The molecular weight excluding hydrogens is 374 g/mol. The lowest BCUT2D eigenvalue weighted by Gasteiger charge is -2.26. The highest BCUT2D eigenvalue weighted by molar-refractivity contribution is 5.84. The monoisotopic (exact) mass is 403 g/mol. The number of nitrogens with zero attached hydrogens (tertiary/aromatic N) is 5. The third kappa shape index (κ3) is 3.37. The molecule has 0 aliphatic carbocycles. The molecule has 0 radical (unpaired) electrons. The van der Waals surface area contributed by atoms with Crippen LogP contribution in [0, 0.1) is 13.8 Å². The molecule has 1 unspecified atom stereocenters. The maximum absolute atomic E-state index is 12.4. The summed E-state index contributed by atoms with van der Waals surface area (Å²) in [7, 11) is 7.86. The van der Waals surface area contributed by atoms with Gasteiger partial charge in [0.15, 0.2) is 0 Å². The highest BCUT2D eigenvalue weighted by Gasteiger charge is 2.19. The molecule has 6 heteroatoms. The summed E-state index contributed by atoms with van der Waals surface area (Å²) in [6.07, 6.45) is 3.81. The van der Waals surface area contributed by atoms with Crippen LogP contribution in [0.5, 0.6) is 0 Å². The highest BCUT2D eigenvalue weighted by atomic mass is 16.1. The van der Waals surface area contributed by atoms with Crippen molar-refractivity contribution >= 4 is 11.0 Å². The number of rotatable bonds is 5. The first-order chi connectivity index (χ1) is 14.3. The van der Waals surface area contributed by atoms with Crippen molar-refractivity contribution in [1.29, 1.82) is 0 Å². The lowest BCUT2D eigenvalue weighted by Crippen LogP contribution is -2.24. The Morgan fingerprint density at radius 1 is 1.00 bits per heavy atom. The van der Waals surface area contributed by atoms with Gasteiger partial charge in [0.25, 0.3) is 0 Å². The predicted molar refractivity (Wildman–Crippen MR) is 122 cm³/mol. The topological polar surface area (TPSA) is 48.0 Å². The summed E-state index contributed by atoms with van der Waals surface area (Å²) in [5.41, 5.74) is 7.69. The van der Waals surface area contributed by atoms with Crippen LogP contribution in [0.2, 0.25) is 0 Å². The van der Waals surface area contributed by atoms with E-state index in [0.29, 0.717) is 0 Å². The molecule has 2 aromatic carbocycles. The van der Waals surface area contributed by atoms with Gasteiger partial charge in [-0.25, -0.2) is 9.78 Å². The molecule has 0 saturated carbocycles. The van der Waals surface area contributed by atoms with Crippen LogP contribution in [0.3, 0.4) is 0 Å². The summed E-state index contributed by atoms with van der Waals surface area (Å²) >= 11 is 0. The first-order valence-electron chi connectivity index (χ1n) is 10.2. The van der Waals surface area contributed by atoms with Crippen LogP contribution in [0.4, 0.5) is 0 Å². The van der Waals surface area contributed by atoms with Gasteiger partial charge in [-0.2, -0.15) is 0 Å². The standard InChI is InChI=1S/C24H29N5O/c1-16-7-9-18(10-8-16)23(26(3)4)14-29-15-25-13-22(29)19-12-21-20(11-17(19)2)27(5)24(30)28(21)6/h7-13,15,23H,14H2,1-6H3. The Kier molecular flexibility index (Phi) is 5.12. The van der Waals surface area contributed by atoms with Crippen molar-refractivity contribution in [2.75, 3.05) is 14.1 Å². The van der Waals surface area contributed by atoms with Gasteiger partial charge in [-0.05, 0) is 51.2 Å². The highest BCUT2D eigenvalue weighted by Crippen LogP contribution is 2.30. The van der Waals surface area contributed by atoms with Crippen LogP contribution < -0.4 is 5.69 Å². The lowest BCUT2D eigenvalue weighted by molar-refractivity contribution is 0.269. The minimum Gasteiger partial charge on any atom is -0.329 e. The van der Waals surface area contributed by atoms with E-state index in [4.69, 9.17) is 0 Å². The lowest BCUT2D eigenvalue weighted by atomic mass is 10.0. The molecule has 0 saturated heterocycles. The molecule has 2 heterocycles. The molecule has 6 nitrogen and oxygen atoms in total. The molecule has 2 aromatic heterocycles. The summed E-state index contributed by atoms with van der Waals surface area (Å²) in [6.45, 7) is 4.99. The number of imidazole rings is 2. The van der Waals surface area contributed by atoms with Crippen LogP contribution in [0.15, 0.2) is 53.7 Å². The van der Waals surface area contributed by atoms with E-state index in [1.54, 1.807) is 9.13 Å². The van der Waals surface area contributed by atoms with Gasteiger partial charge in [-0.1, -0.05) is 29.8 Å². The minimum absolute atomic E-state index is 0.0119. The molecule has 0 aliphatic heterocycles. The smallest absolute Gasteiger partial charge is 0.328 e. The van der Waals surface area contributed by atoms with Gasteiger partial charge in [0, 0.05) is 26.2 Å². The Labute approximate surface area is 177 Å². The van der Waals surface area contributed by atoms with Crippen LogP contribution in [0.25, 0.3) is 22.3 Å². The van der Waals surface area contributed by atoms with Gasteiger partial charge in [-0.3, -0.25) is 9.13 Å². The van der Waals surface area contributed by atoms with Crippen LogP contribution in [-0.2, 0) is 20.6 Å². The maximum Gasteiger partial charge on any atom is 0.328 e. The molecule has 0 aliphatic rings. The molecule has 1 atom stereocenters. The minimum atomic E-state index is -0.0119. The van der Waals surface area contributed by atoms with E-state index in [2.05, 4.69) is 78.8 Å². The van der Waals surface area contributed by atoms with E-state index in [9.17, 15) is 4.79 Å². The molecular formula is C24H29N5O. The fourth-order valence-electron chi connectivity index (χ4n) is 4.16. The van der Waals surface area contributed by atoms with Gasteiger partial charge in [-0.15, -0.1) is 0 Å². The average Bonchev–Trinajstić information content (AvgIpc) is 3.25. The zero-order chi connectivity index (χ0) is 21.6. The number of likely N-dealkylation sites (N-methyl/N-ethyl adjacent to an activating group) is 1. The Morgan fingerprint density at radius 3 is 2.27 bits per heavy atom. The number of aromatic nitrogens is 4. The van der Waals surface area contributed by atoms with Crippen molar-refractivity contribution in [3.63, 3.8) is 0 Å². The second-order valence-electron chi connectivity index (χ2n) is 8.38. The molecule has 4 aromatic rings. The van der Waals surface area contributed by atoms with Crippen molar-refractivity contribution in [3.8, 4) is 11.3 Å². The Balaban J connectivity index is 1.78. The fourth-order valence-corrected chi connectivity index (χ4v) is 4.16. The Hall–Kier alpha value is -3.12. The molecule has 0 fully saturated rings. The second-order valence-corrected chi connectivity index (χ2v) is 8.38. The third-order valence-corrected chi connectivity index (χ3v) is 6.06. The van der Waals surface area contributed by atoms with Crippen LogP contribution in [0.1, 0.15) is 22.7 Å². The van der Waals surface area contributed by atoms with Gasteiger partial charge in [0.2, 0.25) is 0 Å². The third-order valence-electron chi connectivity index (χ3n) is 6.06. The van der Waals surface area contributed by atoms with Crippen molar-refractivity contribution in [2.45, 2.75) is 26.4 Å². The summed E-state index contributed by atoms with van der Waals surface area (Å²) in [6, 6.07) is 13.1. The largest absolute Gasteiger partial charge is 0.329 e. The maximum atomic E-state index is 12.4. The van der Waals surface area contributed by atoms with Crippen LogP contribution in [-0.4, -0.2) is 37.7 Å². The van der Waals surface area contributed by atoms with E-state index < -0.39 is 0 Å². The molecule has 0 spiro atoms. The number of fused-ring (bicyclic) bond motifs is 1. The average molecular weight is 404 g/mol. The van der Waals surface area contributed by atoms with Crippen molar-refractivity contribution < 1.29 is 0 Å². The van der Waals surface area contributed by atoms with Gasteiger partial charge < -0.3 is 9.47 Å². The molecule has 0 amide bonds. The number of hydrogen-bond acceptors (Lipinski definition) is 3. The quantitative estimate of drug-likeness (QED) is 0.511. The first kappa shape index (κ1) is 20.2. The number of benzene rings is 2. The Bertz CT molecular complexity index is 1260. The second kappa shape index (κ2) is 7.61. The fraction of sp³-hybridized carbons (Fsp3) is 0.333. The van der Waals surface area contributed by atoms with Gasteiger partial charge in [0.1, 0.15) is 0 Å². The molecule has 0 bridgehead atoms. The summed E-state index contributed by atoms with van der Waals surface area (Å²) < 4.78 is 5.61. The first-order valence-corrected chi connectivity index (χ1v) is 10.2. The number of hydrogen-bond donors (Lipinski definition) is 0. The molecule has 0 N–H and O–H groups in total. The van der Waals surface area contributed by atoms with E-state index in [1.165, 1.54) is 11.1 Å². The molecule has 4 rings (SSSR count). The summed E-state index contributed by atoms with van der Waals surface area (Å²) in [5.74, 6) is 0. The molecule has 156 valence electrons. The van der Waals surface area contributed by atoms with Crippen molar-refractivity contribution in [3.05, 3.63) is 76.1 Å². The predicted octanol–water partition coefficient (Wildman–Crippen LogP) is 3.66. The van der Waals surface area contributed by atoms with E-state index in [-0.39, 0.29) is 11.7 Å². The zero-order valence-electron chi connectivity index (χ0n) is 18.5. The van der Waals surface area contributed by atoms with Crippen molar-refractivity contribution in [2.24, 2.45) is 14.1 Å².